The summed E-state index contributed by atoms with van der Waals surface area (Å²) in [5.41, 5.74) is 0.303. The van der Waals surface area contributed by atoms with Crippen LogP contribution in [0.15, 0.2) is 53.4 Å². The van der Waals surface area contributed by atoms with E-state index in [9.17, 15) is 26.4 Å². The number of sulfone groups is 1. The monoisotopic (exact) mass is 457 g/mol. The van der Waals surface area contributed by atoms with E-state index in [0.717, 1.165) is 6.26 Å². The first-order valence-electron chi connectivity index (χ1n) is 9.57. The maximum Gasteiger partial charge on any atom is 0.422 e. The molecule has 0 aliphatic carbocycles. The summed E-state index contributed by atoms with van der Waals surface area (Å²) in [5, 5.41) is 0. The minimum atomic E-state index is -4.42. The quantitative estimate of drug-likeness (QED) is 0.661. The largest absolute Gasteiger partial charge is 0.490 e. The van der Waals surface area contributed by atoms with Gasteiger partial charge in [-0.2, -0.15) is 13.2 Å². The maximum absolute atomic E-state index is 12.7. The minimum absolute atomic E-state index is 0.0631. The van der Waals surface area contributed by atoms with Gasteiger partial charge in [-0.05, 0) is 30.3 Å². The Hall–Kier alpha value is -2.75. The van der Waals surface area contributed by atoms with Gasteiger partial charge >= 0.3 is 6.18 Å². The zero-order chi connectivity index (χ0) is 22.6. The van der Waals surface area contributed by atoms with E-state index in [0.29, 0.717) is 37.2 Å². The van der Waals surface area contributed by atoms with E-state index < -0.39 is 22.6 Å². The second-order valence-corrected chi connectivity index (χ2v) is 9.30. The Labute approximate surface area is 178 Å². The van der Waals surface area contributed by atoms with Crippen molar-refractivity contribution in [2.24, 2.45) is 0 Å². The molecule has 2 aromatic carbocycles. The number of hydrogen-bond acceptors (Lipinski definition) is 5. The third-order valence-electron chi connectivity index (χ3n) is 4.75. The fourth-order valence-corrected chi connectivity index (χ4v) is 3.88. The molecule has 1 fully saturated rings. The third kappa shape index (κ3) is 6.61. The summed E-state index contributed by atoms with van der Waals surface area (Å²) >= 11 is 0. The number of benzene rings is 2. The van der Waals surface area contributed by atoms with Crippen molar-refractivity contribution in [3.8, 4) is 11.5 Å². The molecule has 3 rings (SSSR count). The van der Waals surface area contributed by atoms with Crippen LogP contribution in [0.2, 0.25) is 0 Å². The number of carbonyl (C=O) groups excluding carboxylic acids is 1. The molecule has 1 amide bonds. The average molecular weight is 457 g/mol. The highest BCUT2D eigenvalue weighted by Crippen LogP contribution is 2.26. The van der Waals surface area contributed by atoms with E-state index in [2.05, 4.69) is 0 Å². The summed E-state index contributed by atoms with van der Waals surface area (Å²) in [7, 11) is -3.41. The van der Waals surface area contributed by atoms with Gasteiger partial charge in [0.1, 0.15) is 17.6 Å². The fraction of sp³-hybridized carbons (Fsp3) is 0.381. The second kappa shape index (κ2) is 9.17. The molecular weight excluding hydrogens is 435 g/mol. The van der Waals surface area contributed by atoms with Crippen LogP contribution in [0.25, 0.3) is 0 Å². The van der Waals surface area contributed by atoms with E-state index in [1.165, 1.54) is 30.3 Å². The van der Waals surface area contributed by atoms with Crippen LogP contribution >= 0.6 is 0 Å². The van der Waals surface area contributed by atoms with E-state index in [4.69, 9.17) is 9.47 Å². The van der Waals surface area contributed by atoms with Crippen LogP contribution in [-0.4, -0.2) is 57.5 Å². The number of piperidine rings is 1. The summed E-state index contributed by atoms with van der Waals surface area (Å²) in [4.78, 5) is 14.4. The van der Waals surface area contributed by atoms with Crippen molar-refractivity contribution in [3.63, 3.8) is 0 Å². The molecule has 1 aliphatic rings. The lowest BCUT2D eigenvalue weighted by Crippen LogP contribution is -2.41. The minimum Gasteiger partial charge on any atom is -0.490 e. The van der Waals surface area contributed by atoms with Crippen LogP contribution in [0.5, 0.6) is 11.5 Å². The zero-order valence-corrected chi connectivity index (χ0v) is 17.6. The molecule has 10 heteroatoms. The number of nitrogens with zero attached hydrogens (tertiary/aromatic N) is 1. The zero-order valence-electron chi connectivity index (χ0n) is 16.8. The van der Waals surface area contributed by atoms with Crippen LogP contribution in [-0.2, 0) is 9.84 Å². The number of hydrogen-bond donors (Lipinski definition) is 0. The van der Waals surface area contributed by atoms with Crippen LogP contribution < -0.4 is 9.47 Å². The van der Waals surface area contributed by atoms with Crippen LogP contribution in [0.3, 0.4) is 0 Å². The summed E-state index contributed by atoms with van der Waals surface area (Å²) in [6.45, 7) is -0.550. The number of ether oxygens (including phenoxy) is 2. The van der Waals surface area contributed by atoms with Crippen LogP contribution in [0.1, 0.15) is 23.2 Å². The highest BCUT2D eigenvalue weighted by Gasteiger charge is 2.29. The molecule has 0 atom stereocenters. The molecule has 6 nitrogen and oxygen atoms in total. The first kappa shape index (κ1) is 22.9. The lowest BCUT2D eigenvalue weighted by molar-refractivity contribution is -0.153. The molecule has 0 N–H and O–H groups in total. The molecular formula is C21H22F3NO5S. The average Bonchev–Trinajstić information content (AvgIpc) is 2.72. The molecule has 0 saturated carbocycles. The Morgan fingerprint density at radius 2 is 1.71 bits per heavy atom. The van der Waals surface area contributed by atoms with E-state index in [1.807, 2.05) is 0 Å². The first-order valence-corrected chi connectivity index (χ1v) is 11.5. The highest BCUT2D eigenvalue weighted by molar-refractivity contribution is 7.90. The molecule has 0 unspecified atom stereocenters. The first-order chi connectivity index (χ1) is 14.5. The number of likely N-dealkylation sites (tertiary alicyclic amines) is 1. The summed E-state index contributed by atoms with van der Waals surface area (Å²) < 4.78 is 70.9. The Morgan fingerprint density at radius 3 is 2.35 bits per heavy atom. The van der Waals surface area contributed by atoms with Gasteiger partial charge in [-0.25, -0.2) is 8.42 Å². The maximum atomic E-state index is 12.7. The summed E-state index contributed by atoms with van der Waals surface area (Å²) in [6, 6.07) is 11.9. The summed E-state index contributed by atoms with van der Waals surface area (Å²) in [5.74, 6) is 0.199. The third-order valence-corrected chi connectivity index (χ3v) is 5.86. The Bertz CT molecular complexity index is 1030. The molecule has 1 saturated heterocycles. The van der Waals surface area contributed by atoms with E-state index in [1.54, 1.807) is 23.1 Å². The molecule has 168 valence electrons. The van der Waals surface area contributed by atoms with Gasteiger partial charge < -0.3 is 14.4 Å². The Morgan fingerprint density at radius 1 is 1.06 bits per heavy atom. The van der Waals surface area contributed by atoms with Gasteiger partial charge in [0.15, 0.2) is 16.4 Å². The van der Waals surface area contributed by atoms with E-state index in [-0.39, 0.29) is 22.7 Å². The molecule has 31 heavy (non-hydrogen) atoms. The van der Waals surface area contributed by atoms with Gasteiger partial charge in [0.2, 0.25) is 0 Å². The molecule has 2 aromatic rings. The van der Waals surface area contributed by atoms with Crippen molar-refractivity contribution in [2.45, 2.75) is 30.0 Å². The second-order valence-electron chi connectivity index (χ2n) is 7.29. The van der Waals surface area contributed by atoms with Crippen molar-refractivity contribution in [2.75, 3.05) is 26.0 Å². The van der Waals surface area contributed by atoms with Crippen molar-refractivity contribution >= 4 is 15.7 Å². The molecule has 0 bridgehead atoms. The van der Waals surface area contributed by atoms with Crippen molar-refractivity contribution < 1.29 is 35.9 Å². The topological polar surface area (TPSA) is 72.9 Å². The van der Waals surface area contributed by atoms with Gasteiger partial charge in [0.25, 0.3) is 5.91 Å². The standard InChI is InChI=1S/C21H22F3NO5S/c1-31(27,28)19-7-2-4-15(12-19)20(26)25-10-8-16(9-11-25)30-18-6-3-5-17(13-18)29-14-21(22,23)24/h2-7,12-13,16H,8-11,14H2,1H3. The van der Waals surface area contributed by atoms with Gasteiger partial charge in [0, 0.05) is 43.8 Å². The molecule has 0 spiro atoms. The van der Waals surface area contributed by atoms with Crippen molar-refractivity contribution in [1.29, 1.82) is 0 Å². The predicted molar refractivity (Wildman–Crippen MR) is 107 cm³/mol. The fourth-order valence-electron chi connectivity index (χ4n) is 3.21. The number of halogens is 3. The smallest absolute Gasteiger partial charge is 0.422 e. The van der Waals surface area contributed by atoms with Crippen LogP contribution in [0, 0.1) is 0 Å². The predicted octanol–water partition coefficient (Wildman–Crippen LogP) is 3.71. The number of amides is 1. The molecule has 1 aliphatic heterocycles. The van der Waals surface area contributed by atoms with E-state index >= 15 is 0 Å². The normalized spacial score (nSPS) is 15.5. The van der Waals surface area contributed by atoms with Crippen molar-refractivity contribution in [1.82, 2.24) is 4.90 Å². The Kier molecular flexibility index (Phi) is 6.78. The molecule has 0 radical (unpaired) electrons. The lowest BCUT2D eigenvalue weighted by atomic mass is 10.1. The van der Waals surface area contributed by atoms with Crippen LogP contribution in [0.4, 0.5) is 13.2 Å². The van der Waals surface area contributed by atoms with Gasteiger partial charge in [-0.3, -0.25) is 4.79 Å². The number of carbonyl (C=O) groups is 1. The molecule has 1 heterocycles. The highest BCUT2D eigenvalue weighted by atomic mass is 32.2. The van der Waals surface area contributed by atoms with Gasteiger partial charge in [-0.1, -0.05) is 12.1 Å². The van der Waals surface area contributed by atoms with Gasteiger partial charge in [0.05, 0.1) is 4.90 Å². The lowest BCUT2D eigenvalue weighted by Gasteiger charge is -2.32. The molecule has 0 aromatic heterocycles. The number of alkyl halides is 3. The van der Waals surface area contributed by atoms with Gasteiger partial charge in [-0.15, -0.1) is 0 Å². The Balaban J connectivity index is 1.56. The SMILES string of the molecule is CS(=O)(=O)c1cccc(C(=O)N2CCC(Oc3cccc(OCC(F)(F)F)c3)CC2)c1. The number of rotatable bonds is 6. The summed E-state index contributed by atoms with van der Waals surface area (Å²) in [6.07, 6.45) is -2.47. The van der Waals surface area contributed by atoms with Crippen molar-refractivity contribution in [3.05, 3.63) is 54.1 Å².